The quantitative estimate of drug-likeness (QED) is 0.156. The molecule has 5 nitrogen and oxygen atoms in total. The minimum Gasteiger partial charge on any atom is -0.318 e. The van der Waals surface area contributed by atoms with Crippen molar-refractivity contribution >= 4 is 46.8 Å². The lowest BCUT2D eigenvalue weighted by Crippen LogP contribution is -2.16. The van der Waals surface area contributed by atoms with Crippen LogP contribution in [-0.2, 0) is 9.63 Å². The molecule has 0 amide bonds. The SMILES string of the molecule is CSCC/C(=N\OC(C)=O)C(=O)c1ccc(Sc2ccc(C(=O)c3ccccc3)cc2)cc1. The van der Waals surface area contributed by atoms with Crippen molar-refractivity contribution in [3.8, 4) is 0 Å². The van der Waals surface area contributed by atoms with Gasteiger partial charge in [-0.15, -0.1) is 0 Å². The number of hydrogen-bond acceptors (Lipinski definition) is 7. The van der Waals surface area contributed by atoms with E-state index >= 15 is 0 Å². The van der Waals surface area contributed by atoms with Gasteiger partial charge in [0, 0.05) is 39.8 Å². The Morgan fingerprint density at radius 1 is 0.788 bits per heavy atom. The summed E-state index contributed by atoms with van der Waals surface area (Å²) in [5.41, 5.74) is 2.00. The topological polar surface area (TPSA) is 72.8 Å². The van der Waals surface area contributed by atoms with E-state index in [9.17, 15) is 14.4 Å². The highest BCUT2D eigenvalue weighted by molar-refractivity contribution is 7.99. The van der Waals surface area contributed by atoms with Crippen LogP contribution in [-0.4, -0.2) is 35.3 Å². The Balaban J connectivity index is 1.67. The molecule has 0 spiro atoms. The molecule has 3 aromatic carbocycles. The molecule has 3 rings (SSSR count). The number of nitrogens with zero attached hydrogens (tertiary/aromatic N) is 1. The summed E-state index contributed by atoms with van der Waals surface area (Å²) in [5, 5.41) is 3.74. The second kappa shape index (κ2) is 12.2. The molecule has 0 saturated heterocycles. The minimum absolute atomic E-state index is 0.0114. The first kappa shape index (κ1) is 24.5. The number of thioether (sulfide) groups is 1. The third-order valence-corrected chi connectivity index (χ3v) is 6.22. The Kier molecular flexibility index (Phi) is 9.04. The summed E-state index contributed by atoms with van der Waals surface area (Å²) < 4.78 is 0. The number of Topliss-reactive ketones (excluding diaryl/α,β-unsaturated/α-hetero) is 1. The number of benzene rings is 3. The molecule has 0 aromatic heterocycles. The zero-order valence-electron chi connectivity index (χ0n) is 18.3. The van der Waals surface area contributed by atoms with E-state index in [1.54, 1.807) is 36.0 Å². The molecule has 0 unspecified atom stereocenters. The minimum atomic E-state index is -0.562. The molecule has 0 heterocycles. The van der Waals surface area contributed by atoms with Gasteiger partial charge in [0.15, 0.2) is 5.78 Å². The lowest BCUT2D eigenvalue weighted by atomic mass is 10.0. The van der Waals surface area contributed by atoms with E-state index in [2.05, 4.69) is 5.16 Å². The van der Waals surface area contributed by atoms with Crippen LogP contribution in [0.2, 0.25) is 0 Å². The number of oxime groups is 1. The smallest absolute Gasteiger partial charge is 0.318 e. The van der Waals surface area contributed by atoms with E-state index < -0.39 is 5.97 Å². The predicted octanol–water partition coefficient (Wildman–Crippen LogP) is 5.92. The summed E-state index contributed by atoms with van der Waals surface area (Å²) in [6, 6.07) is 23.8. The average Bonchev–Trinajstić information content (AvgIpc) is 2.84. The summed E-state index contributed by atoms with van der Waals surface area (Å²) >= 11 is 3.12. The molecule has 7 heteroatoms. The molecule has 0 aliphatic carbocycles. The first-order chi connectivity index (χ1) is 16.0. The number of rotatable bonds is 10. The van der Waals surface area contributed by atoms with E-state index in [-0.39, 0.29) is 17.3 Å². The van der Waals surface area contributed by atoms with E-state index in [4.69, 9.17) is 4.84 Å². The second-order valence-electron chi connectivity index (χ2n) is 7.04. The normalized spacial score (nSPS) is 11.2. The molecular weight excluding hydrogens is 454 g/mol. The van der Waals surface area contributed by atoms with Gasteiger partial charge in [0.1, 0.15) is 5.71 Å². The summed E-state index contributed by atoms with van der Waals surface area (Å²) in [4.78, 5) is 43.0. The Hall–Kier alpha value is -3.16. The van der Waals surface area contributed by atoms with E-state index in [0.29, 0.717) is 28.9 Å². The maximum Gasteiger partial charge on any atom is 0.331 e. The molecule has 0 aliphatic rings. The lowest BCUT2D eigenvalue weighted by Gasteiger charge is -2.07. The third kappa shape index (κ3) is 7.17. The zero-order chi connectivity index (χ0) is 23.6. The van der Waals surface area contributed by atoms with Crippen LogP contribution in [0.3, 0.4) is 0 Å². The van der Waals surface area contributed by atoms with Crippen molar-refractivity contribution in [2.45, 2.75) is 23.1 Å². The largest absolute Gasteiger partial charge is 0.331 e. The molecule has 3 aromatic rings. The second-order valence-corrected chi connectivity index (χ2v) is 9.17. The van der Waals surface area contributed by atoms with Crippen molar-refractivity contribution in [3.05, 3.63) is 95.6 Å². The molecule has 0 atom stereocenters. The Morgan fingerprint density at radius 2 is 1.33 bits per heavy atom. The Morgan fingerprint density at radius 3 is 1.88 bits per heavy atom. The number of carbonyl (C=O) groups excluding carboxylic acids is 3. The van der Waals surface area contributed by atoms with Crippen molar-refractivity contribution in [1.82, 2.24) is 0 Å². The van der Waals surface area contributed by atoms with Gasteiger partial charge in [0.05, 0.1) is 0 Å². The number of ketones is 2. The van der Waals surface area contributed by atoms with Crippen LogP contribution < -0.4 is 0 Å². The molecular formula is C26H23NO4S2. The fraction of sp³-hybridized carbons (Fsp3) is 0.154. The van der Waals surface area contributed by atoms with Crippen LogP contribution >= 0.6 is 23.5 Å². The van der Waals surface area contributed by atoms with Gasteiger partial charge in [-0.2, -0.15) is 11.8 Å². The summed E-state index contributed by atoms with van der Waals surface area (Å²) in [6.45, 7) is 1.25. The maximum atomic E-state index is 12.8. The van der Waals surface area contributed by atoms with Crippen LogP contribution in [0.1, 0.15) is 39.6 Å². The van der Waals surface area contributed by atoms with Gasteiger partial charge in [-0.3, -0.25) is 9.59 Å². The van der Waals surface area contributed by atoms with E-state index in [1.165, 1.54) is 18.7 Å². The summed E-state index contributed by atoms with van der Waals surface area (Å²) in [7, 11) is 0. The van der Waals surface area contributed by atoms with Gasteiger partial charge >= 0.3 is 5.97 Å². The fourth-order valence-corrected chi connectivity index (χ4v) is 4.14. The van der Waals surface area contributed by atoms with Crippen LogP contribution in [0.4, 0.5) is 0 Å². The van der Waals surface area contributed by atoms with Gasteiger partial charge in [-0.25, -0.2) is 4.79 Å². The van der Waals surface area contributed by atoms with Crippen molar-refractivity contribution in [1.29, 1.82) is 0 Å². The molecule has 0 aliphatic heterocycles. The highest BCUT2D eigenvalue weighted by Gasteiger charge is 2.16. The highest BCUT2D eigenvalue weighted by Crippen LogP contribution is 2.28. The zero-order valence-corrected chi connectivity index (χ0v) is 19.9. The standard InChI is InChI=1S/C26H23NO4S2/c1-18(28)31-27-24(16-17-32-2)26(30)21-10-14-23(15-11-21)33-22-12-8-20(9-13-22)25(29)19-6-4-3-5-7-19/h3-15H,16-17H2,1-2H3/b27-24+. The van der Waals surface area contributed by atoms with Crippen molar-refractivity contribution < 1.29 is 19.2 Å². The Labute approximate surface area is 201 Å². The third-order valence-electron chi connectivity index (χ3n) is 4.59. The molecule has 33 heavy (non-hydrogen) atoms. The first-order valence-corrected chi connectivity index (χ1v) is 12.4. The molecule has 0 fully saturated rings. The fourth-order valence-electron chi connectivity index (χ4n) is 2.93. The van der Waals surface area contributed by atoms with Gasteiger partial charge < -0.3 is 4.84 Å². The van der Waals surface area contributed by atoms with Crippen LogP contribution in [0.15, 0.2) is 93.8 Å². The molecule has 168 valence electrons. The van der Waals surface area contributed by atoms with Gasteiger partial charge in [-0.05, 0) is 60.5 Å². The van der Waals surface area contributed by atoms with Crippen molar-refractivity contribution in [3.63, 3.8) is 0 Å². The predicted molar refractivity (Wildman–Crippen MR) is 133 cm³/mol. The average molecular weight is 478 g/mol. The van der Waals surface area contributed by atoms with Gasteiger partial charge in [0.25, 0.3) is 0 Å². The number of carbonyl (C=O) groups is 3. The first-order valence-electron chi connectivity index (χ1n) is 10.2. The van der Waals surface area contributed by atoms with Crippen LogP contribution in [0.25, 0.3) is 0 Å². The van der Waals surface area contributed by atoms with Crippen molar-refractivity contribution in [2.75, 3.05) is 12.0 Å². The highest BCUT2D eigenvalue weighted by atomic mass is 32.2. The molecule has 0 bridgehead atoms. The Bertz CT molecular complexity index is 1140. The molecule has 0 N–H and O–H groups in total. The van der Waals surface area contributed by atoms with Crippen molar-refractivity contribution in [2.24, 2.45) is 5.16 Å². The van der Waals surface area contributed by atoms with Gasteiger partial charge in [0.2, 0.25) is 5.78 Å². The van der Waals surface area contributed by atoms with E-state index in [0.717, 1.165) is 9.79 Å². The van der Waals surface area contributed by atoms with Crippen LogP contribution in [0, 0.1) is 0 Å². The molecule has 0 radical (unpaired) electrons. The van der Waals surface area contributed by atoms with Gasteiger partial charge in [-0.1, -0.05) is 47.2 Å². The monoisotopic (exact) mass is 477 g/mol. The summed E-state index contributed by atoms with van der Waals surface area (Å²) in [5.74, 6) is -0.135. The van der Waals surface area contributed by atoms with Crippen LogP contribution in [0.5, 0.6) is 0 Å². The van der Waals surface area contributed by atoms with E-state index in [1.807, 2.05) is 60.9 Å². The molecule has 0 saturated carbocycles. The lowest BCUT2D eigenvalue weighted by molar-refractivity contribution is -0.140. The summed E-state index contributed by atoms with van der Waals surface area (Å²) in [6.07, 6.45) is 2.35. The maximum absolute atomic E-state index is 12.8. The number of hydrogen-bond donors (Lipinski definition) is 0.